The van der Waals surface area contributed by atoms with Gasteiger partial charge in [0, 0.05) is 12.1 Å². The third kappa shape index (κ3) is 2.26. The lowest BCUT2D eigenvalue weighted by Gasteiger charge is -2.48. The van der Waals surface area contributed by atoms with Gasteiger partial charge >= 0.3 is 0 Å². The lowest BCUT2D eigenvalue weighted by molar-refractivity contribution is 0.0568. The normalized spacial score (nSPS) is 32.5. The van der Waals surface area contributed by atoms with Crippen LogP contribution in [0.4, 0.5) is 0 Å². The fourth-order valence-electron chi connectivity index (χ4n) is 3.10. The number of hydrogen-bond acceptors (Lipinski definition) is 2. The van der Waals surface area contributed by atoms with Gasteiger partial charge in [0.05, 0.1) is 0 Å². The first kappa shape index (κ1) is 11.2. The fourth-order valence-corrected chi connectivity index (χ4v) is 3.10. The number of likely N-dealkylation sites (tertiary alicyclic amines) is 1. The molecule has 0 aromatic rings. The molecule has 1 N–H and O–H groups in total. The zero-order valence-corrected chi connectivity index (χ0v) is 9.97. The average molecular weight is 208 g/mol. The minimum Gasteiger partial charge on any atom is -0.317 e. The van der Waals surface area contributed by atoms with Crippen LogP contribution in [0.1, 0.15) is 32.6 Å². The molecule has 15 heavy (non-hydrogen) atoms. The molecule has 2 aliphatic heterocycles. The monoisotopic (exact) mass is 208 g/mol. The van der Waals surface area contributed by atoms with Crippen molar-refractivity contribution in [3.8, 4) is 0 Å². The van der Waals surface area contributed by atoms with Crippen LogP contribution in [0.15, 0.2) is 12.7 Å². The van der Waals surface area contributed by atoms with Crippen molar-refractivity contribution in [2.24, 2.45) is 5.92 Å². The highest BCUT2D eigenvalue weighted by Gasteiger charge is 2.36. The minimum atomic E-state index is 0.305. The maximum absolute atomic E-state index is 4.09. The van der Waals surface area contributed by atoms with Gasteiger partial charge in [0.15, 0.2) is 0 Å². The summed E-state index contributed by atoms with van der Waals surface area (Å²) in [5.41, 5.74) is 0.305. The maximum Gasteiger partial charge on any atom is 0.0412 e. The Balaban J connectivity index is 2.06. The Hall–Kier alpha value is -0.340. The Bertz CT molecular complexity index is 219. The summed E-state index contributed by atoms with van der Waals surface area (Å²) in [5, 5.41) is 3.45. The molecule has 0 spiro atoms. The van der Waals surface area contributed by atoms with E-state index in [9.17, 15) is 0 Å². The predicted molar refractivity (Wildman–Crippen MR) is 65.0 cm³/mol. The summed E-state index contributed by atoms with van der Waals surface area (Å²) in [6.45, 7) is 11.3. The van der Waals surface area contributed by atoms with Crippen LogP contribution in [0.2, 0.25) is 0 Å². The molecule has 0 amide bonds. The van der Waals surface area contributed by atoms with E-state index in [1.54, 1.807) is 0 Å². The van der Waals surface area contributed by atoms with Crippen molar-refractivity contribution >= 4 is 0 Å². The Kier molecular flexibility index (Phi) is 3.47. The van der Waals surface area contributed by atoms with Crippen molar-refractivity contribution in [1.29, 1.82) is 0 Å². The first-order chi connectivity index (χ1) is 7.27. The predicted octanol–water partition coefficient (Wildman–Crippen LogP) is 2.03. The molecule has 2 aliphatic rings. The quantitative estimate of drug-likeness (QED) is 0.699. The highest BCUT2D eigenvalue weighted by molar-refractivity contribution is 5.07. The van der Waals surface area contributed by atoms with Gasteiger partial charge in [0.2, 0.25) is 0 Å². The van der Waals surface area contributed by atoms with E-state index in [-0.39, 0.29) is 0 Å². The van der Waals surface area contributed by atoms with Crippen LogP contribution in [0.5, 0.6) is 0 Å². The van der Waals surface area contributed by atoms with E-state index in [4.69, 9.17) is 0 Å². The molecule has 86 valence electrons. The van der Waals surface area contributed by atoms with Gasteiger partial charge < -0.3 is 5.32 Å². The van der Waals surface area contributed by atoms with E-state index in [2.05, 4.69) is 29.8 Å². The number of nitrogens with zero attached hydrogens (tertiary/aromatic N) is 1. The Morgan fingerprint density at radius 1 is 1.40 bits per heavy atom. The van der Waals surface area contributed by atoms with Gasteiger partial charge in [0.25, 0.3) is 0 Å². The lowest BCUT2D eigenvalue weighted by Crippen LogP contribution is -2.56. The molecule has 2 nitrogen and oxygen atoms in total. The largest absolute Gasteiger partial charge is 0.317 e. The van der Waals surface area contributed by atoms with Gasteiger partial charge in [-0.1, -0.05) is 13.0 Å². The molecule has 2 rings (SSSR count). The lowest BCUT2D eigenvalue weighted by atomic mass is 9.83. The Morgan fingerprint density at radius 3 is 2.73 bits per heavy atom. The summed E-state index contributed by atoms with van der Waals surface area (Å²) in [6.07, 6.45) is 7.46. The van der Waals surface area contributed by atoms with Crippen LogP contribution >= 0.6 is 0 Å². The molecule has 0 radical (unpaired) electrons. The summed E-state index contributed by atoms with van der Waals surface area (Å²) >= 11 is 0. The van der Waals surface area contributed by atoms with Crippen LogP contribution in [-0.4, -0.2) is 36.6 Å². The van der Waals surface area contributed by atoms with E-state index in [1.165, 1.54) is 38.8 Å². The molecular formula is C13H24N2. The Labute approximate surface area is 93.7 Å². The second kappa shape index (κ2) is 4.67. The zero-order chi connectivity index (χ0) is 10.7. The molecule has 0 aliphatic carbocycles. The van der Waals surface area contributed by atoms with E-state index in [0.29, 0.717) is 5.54 Å². The molecule has 2 heterocycles. The van der Waals surface area contributed by atoms with Crippen molar-refractivity contribution in [2.75, 3.05) is 26.2 Å². The topological polar surface area (TPSA) is 15.3 Å². The van der Waals surface area contributed by atoms with Gasteiger partial charge in [-0.2, -0.15) is 0 Å². The molecule has 2 saturated heterocycles. The third-order valence-corrected chi connectivity index (χ3v) is 4.14. The van der Waals surface area contributed by atoms with E-state index >= 15 is 0 Å². The van der Waals surface area contributed by atoms with E-state index in [0.717, 1.165) is 19.0 Å². The van der Waals surface area contributed by atoms with Crippen LogP contribution < -0.4 is 5.32 Å². The summed E-state index contributed by atoms with van der Waals surface area (Å²) in [4.78, 5) is 2.69. The van der Waals surface area contributed by atoms with Gasteiger partial charge in [-0.25, -0.2) is 0 Å². The summed E-state index contributed by atoms with van der Waals surface area (Å²) < 4.78 is 0. The zero-order valence-electron chi connectivity index (χ0n) is 9.97. The van der Waals surface area contributed by atoms with Crippen LogP contribution in [0, 0.1) is 5.92 Å². The van der Waals surface area contributed by atoms with Crippen LogP contribution in [0.3, 0.4) is 0 Å². The summed E-state index contributed by atoms with van der Waals surface area (Å²) in [6, 6.07) is 0. The van der Waals surface area contributed by atoms with Crippen molar-refractivity contribution in [3.63, 3.8) is 0 Å². The molecule has 0 saturated carbocycles. The number of nitrogens with one attached hydrogen (secondary N) is 1. The van der Waals surface area contributed by atoms with Gasteiger partial charge in [0.1, 0.15) is 0 Å². The Morgan fingerprint density at radius 2 is 2.13 bits per heavy atom. The smallest absolute Gasteiger partial charge is 0.0412 e. The van der Waals surface area contributed by atoms with Crippen molar-refractivity contribution in [3.05, 3.63) is 12.7 Å². The first-order valence-electron chi connectivity index (χ1n) is 6.36. The molecule has 2 heteroatoms. The maximum atomic E-state index is 4.09. The number of piperidine rings is 2. The second-order valence-corrected chi connectivity index (χ2v) is 5.25. The minimum absolute atomic E-state index is 0.305. The average Bonchev–Trinajstić information content (AvgIpc) is 2.30. The van der Waals surface area contributed by atoms with Crippen molar-refractivity contribution < 1.29 is 0 Å². The third-order valence-electron chi connectivity index (χ3n) is 4.14. The van der Waals surface area contributed by atoms with Crippen LogP contribution in [0.25, 0.3) is 0 Å². The number of rotatable bonds is 2. The summed E-state index contributed by atoms with van der Waals surface area (Å²) in [5.74, 6) is 0.866. The molecule has 2 fully saturated rings. The molecule has 0 aromatic carbocycles. The van der Waals surface area contributed by atoms with Gasteiger partial charge in [-0.15, -0.1) is 6.58 Å². The summed E-state index contributed by atoms with van der Waals surface area (Å²) in [7, 11) is 0. The van der Waals surface area contributed by atoms with Crippen LogP contribution in [-0.2, 0) is 0 Å². The molecule has 1 atom stereocenters. The molecular weight excluding hydrogens is 184 g/mol. The van der Waals surface area contributed by atoms with E-state index in [1.807, 2.05) is 0 Å². The molecule has 0 bridgehead atoms. The van der Waals surface area contributed by atoms with E-state index < -0.39 is 0 Å². The highest BCUT2D eigenvalue weighted by Crippen LogP contribution is 2.31. The number of hydrogen-bond donors (Lipinski definition) is 1. The highest BCUT2D eigenvalue weighted by atomic mass is 15.2. The first-order valence-corrected chi connectivity index (χ1v) is 6.36. The van der Waals surface area contributed by atoms with Gasteiger partial charge in [-0.3, -0.25) is 4.90 Å². The van der Waals surface area contributed by atoms with Crippen molar-refractivity contribution in [1.82, 2.24) is 10.2 Å². The second-order valence-electron chi connectivity index (χ2n) is 5.25. The van der Waals surface area contributed by atoms with Crippen molar-refractivity contribution in [2.45, 2.75) is 38.1 Å². The van der Waals surface area contributed by atoms with Gasteiger partial charge in [-0.05, 0) is 51.2 Å². The molecule has 0 unspecified atom stereocenters. The fraction of sp³-hybridized carbons (Fsp3) is 0.846. The molecule has 0 aromatic heterocycles. The standard InChI is InChI=1S/C13H24N2/c1-3-13(6-8-14-9-7-13)15-10-4-5-12(2)11-15/h3,12,14H,1,4-11H2,2H3/t12-/m0/s1. The SMILES string of the molecule is C=CC1(N2CCC[C@H](C)C2)CCNCC1.